The number of halogens is 3. The highest BCUT2D eigenvalue weighted by molar-refractivity contribution is 9.10. The molecule has 0 aliphatic carbocycles. The molecular formula is C14H13BrClFN2. The van der Waals surface area contributed by atoms with Gasteiger partial charge in [0.15, 0.2) is 0 Å². The van der Waals surface area contributed by atoms with Gasteiger partial charge in [-0.15, -0.1) is 0 Å². The Bertz CT molecular complexity index is 584. The fourth-order valence-corrected chi connectivity index (χ4v) is 2.94. The second-order valence-electron chi connectivity index (χ2n) is 4.33. The summed E-state index contributed by atoms with van der Waals surface area (Å²) < 4.78 is 14.3. The molecule has 0 radical (unpaired) electrons. The summed E-state index contributed by atoms with van der Waals surface area (Å²) in [6, 6.07) is 9.96. The molecule has 0 spiro atoms. The molecule has 1 atom stereocenters. The molecule has 2 aromatic rings. The molecule has 100 valence electrons. The third kappa shape index (κ3) is 3.34. The topological polar surface area (TPSA) is 38.0 Å². The van der Waals surface area contributed by atoms with E-state index in [1.54, 1.807) is 12.1 Å². The average molecular weight is 344 g/mol. The average Bonchev–Trinajstić information content (AvgIpc) is 2.31. The minimum atomic E-state index is -0.305. The van der Waals surface area contributed by atoms with E-state index in [0.717, 1.165) is 21.2 Å². The zero-order valence-electron chi connectivity index (χ0n) is 10.3. The van der Waals surface area contributed by atoms with Crippen LogP contribution < -0.4 is 11.3 Å². The number of rotatable bonds is 3. The van der Waals surface area contributed by atoms with Crippen LogP contribution in [0.15, 0.2) is 40.9 Å². The van der Waals surface area contributed by atoms with E-state index in [-0.39, 0.29) is 11.9 Å². The van der Waals surface area contributed by atoms with Gasteiger partial charge in [-0.05, 0) is 47.9 Å². The number of hydrogen-bond donors (Lipinski definition) is 2. The molecular weight excluding hydrogens is 331 g/mol. The first kappa shape index (κ1) is 14.5. The van der Waals surface area contributed by atoms with Gasteiger partial charge < -0.3 is 0 Å². The van der Waals surface area contributed by atoms with Crippen molar-refractivity contribution >= 4 is 27.5 Å². The van der Waals surface area contributed by atoms with Crippen molar-refractivity contribution in [3.63, 3.8) is 0 Å². The maximum atomic E-state index is 13.5. The third-order valence-corrected chi connectivity index (χ3v) is 3.76. The maximum Gasteiger partial charge on any atom is 0.123 e. The summed E-state index contributed by atoms with van der Waals surface area (Å²) in [5.41, 5.74) is 5.22. The van der Waals surface area contributed by atoms with Crippen molar-refractivity contribution in [1.29, 1.82) is 0 Å². The highest BCUT2D eigenvalue weighted by atomic mass is 79.9. The molecule has 0 saturated heterocycles. The molecule has 0 aromatic heterocycles. The molecule has 0 fully saturated rings. The second kappa shape index (κ2) is 6.01. The van der Waals surface area contributed by atoms with Crippen molar-refractivity contribution in [3.8, 4) is 0 Å². The predicted molar refractivity (Wildman–Crippen MR) is 79.5 cm³/mol. The minimum Gasteiger partial charge on any atom is -0.271 e. The smallest absolute Gasteiger partial charge is 0.123 e. The molecule has 19 heavy (non-hydrogen) atoms. The standard InChI is InChI=1S/C14H13BrClFN2/c1-8-4-9(6-11(17)5-8)14(19-18)12-3-2-10(16)7-13(12)15/h2-7,14,19H,18H2,1H3. The van der Waals surface area contributed by atoms with E-state index in [0.29, 0.717) is 5.02 Å². The summed E-state index contributed by atoms with van der Waals surface area (Å²) in [7, 11) is 0. The number of nitrogens with two attached hydrogens (primary N) is 1. The SMILES string of the molecule is Cc1cc(F)cc(C(NN)c2ccc(Cl)cc2Br)c1. The van der Waals surface area contributed by atoms with Crippen LogP contribution in [-0.4, -0.2) is 0 Å². The second-order valence-corrected chi connectivity index (χ2v) is 5.62. The highest BCUT2D eigenvalue weighted by Crippen LogP contribution is 2.31. The van der Waals surface area contributed by atoms with Crippen LogP contribution >= 0.6 is 27.5 Å². The first-order chi connectivity index (χ1) is 9.01. The normalized spacial score (nSPS) is 12.5. The molecule has 0 bridgehead atoms. The minimum absolute atomic E-state index is 0.277. The Morgan fingerprint density at radius 1 is 1.26 bits per heavy atom. The summed E-state index contributed by atoms with van der Waals surface area (Å²) in [6.07, 6.45) is 0. The van der Waals surface area contributed by atoms with Crippen LogP contribution in [0.5, 0.6) is 0 Å². The van der Waals surface area contributed by atoms with Crippen LogP contribution in [0, 0.1) is 12.7 Å². The number of nitrogens with one attached hydrogen (secondary N) is 1. The van der Waals surface area contributed by atoms with E-state index in [4.69, 9.17) is 17.4 Å². The van der Waals surface area contributed by atoms with E-state index in [1.165, 1.54) is 12.1 Å². The molecule has 2 nitrogen and oxygen atoms in total. The summed E-state index contributed by atoms with van der Waals surface area (Å²) >= 11 is 9.37. The molecule has 1 unspecified atom stereocenters. The zero-order chi connectivity index (χ0) is 14.0. The summed E-state index contributed by atoms with van der Waals surface area (Å²) in [6.45, 7) is 1.84. The largest absolute Gasteiger partial charge is 0.271 e. The van der Waals surface area contributed by atoms with Crippen molar-refractivity contribution < 1.29 is 4.39 Å². The Balaban J connectivity index is 2.49. The van der Waals surface area contributed by atoms with Crippen molar-refractivity contribution in [1.82, 2.24) is 5.43 Å². The summed E-state index contributed by atoms with van der Waals surface area (Å²) in [4.78, 5) is 0. The van der Waals surface area contributed by atoms with Gasteiger partial charge in [-0.25, -0.2) is 9.82 Å². The van der Waals surface area contributed by atoms with Gasteiger partial charge in [-0.1, -0.05) is 39.7 Å². The predicted octanol–water partition coefficient (Wildman–Crippen LogP) is 4.10. The van der Waals surface area contributed by atoms with Crippen LogP contribution in [0.1, 0.15) is 22.7 Å². The van der Waals surface area contributed by atoms with E-state index >= 15 is 0 Å². The molecule has 3 N–H and O–H groups in total. The van der Waals surface area contributed by atoms with E-state index in [2.05, 4.69) is 21.4 Å². The first-order valence-electron chi connectivity index (χ1n) is 5.69. The zero-order valence-corrected chi connectivity index (χ0v) is 12.6. The van der Waals surface area contributed by atoms with E-state index < -0.39 is 0 Å². The Kier molecular flexibility index (Phi) is 4.58. The van der Waals surface area contributed by atoms with Crippen molar-refractivity contribution in [2.24, 2.45) is 5.84 Å². The van der Waals surface area contributed by atoms with Crippen LogP contribution in [0.3, 0.4) is 0 Å². The van der Waals surface area contributed by atoms with Crippen LogP contribution in [0.2, 0.25) is 5.02 Å². The quantitative estimate of drug-likeness (QED) is 0.650. The lowest BCUT2D eigenvalue weighted by atomic mass is 9.98. The molecule has 5 heteroatoms. The fourth-order valence-electron chi connectivity index (χ4n) is 2.03. The number of hydrogen-bond acceptors (Lipinski definition) is 2. The lowest BCUT2D eigenvalue weighted by Crippen LogP contribution is -2.29. The number of benzene rings is 2. The van der Waals surface area contributed by atoms with Crippen LogP contribution in [0.25, 0.3) is 0 Å². The van der Waals surface area contributed by atoms with E-state index in [9.17, 15) is 4.39 Å². The lowest BCUT2D eigenvalue weighted by Gasteiger charge is -2.19. The monoisotopic (exact) mass is 342 g/mol. The Morgan fingerprint density at radius 3 is 2.58 bits per heavy atom. The van der Waals surface area contributed by atoms with Gasteiger partial charge in [-0.3, -0.25) is 5.84 Å². The first-order valence-corrected chi connectivity index (χ1v) is 6.86. The highest BCUT2D eigenvalue weighted by Gasteiger charge is 2.16. The third-order valence-electron chi connectivity index (χ3n) is 2.84. The number of aryl methyl sites for hydroxylation is 1. The van der Waals surface area contributed by atoms with E-state index in [1.807, 2.05) is 19.1 Å². The summed E-state index contributed by atoms with van der Waals surface area (Å²) in [5.74, 6) is 5.34. The Morgan fingerprint density at radius 2 is 2.00 bits per heavy atom. The Hall–Kier alpha value is -0.940. The van der Waals surface area contributed by atoms with Crippen molar-refractivity contribution in [2.45, 2.75) is 13.0 Å². The van der Waals surface area contributed by atoms with Crippen molar-refractivity contribution in [3.05, 3.63) is 68.4 Å². The van der Waals surface area contributed by atoms with Gasteiger partial charge >= 0.3 is 0 Å². The molecule has 0 saturated carbocycles. The van der Waals surface area contributed by atoms with Gasteiger partial charge in [0.25, 0.3) is 0 Å². The fraction of sp³-hybridized carbons (Fsp3) is 0.143. The van der Waals surface area contributed by atoms with Gasteiger partial charge in [-0.2, -0.15) is 0 Å². The molecule has 2 aromatic carbocycles. The molecule has 0 aliphatic rings. The van der Waals surface area contributed by atoms with Crippen molar-refractivity contribution in [2.75, 3.05) is 0 Å². The molecule has 2 rings (SSSR count). The lowest BCUT2D eigenvalue weighted by molar-refractivity contribution is 0.603. The molecule has 0 heterocycles. The number of hydrazine groups is 1. The maximum absolute atomic E-state index is 13.5. The van der Waals surface area contributed by atoms with Gasteiger partial charge in [0.1, 0.15) is 5.82 Å². The van der Waals surface area contributed by atoms with Crippen LogP contribution in [-0.2, 0) is 0 Å². The van der Waals surface area contributed by atoms with Gasteiger partial charge in [0.2, 0.25) is 0 Å². The van der Waals surface area contributed by atoms with Gasteiger partial charge in [0.05, 0.1) is 6.04 Å². The summed E-state index contributed by atoms with van der Waals surface area (Å²) in [5, 5.41) is 0.627. The van der Waals surface area contributed by atoms with Crippen LogP contribution in [0.4, 0.5) is 4.39 Å². The van der Waals surface area contributed by atoms with Gasteiger partial charge in [0, 0.05) is 9.50 Å². The molecule has 0 amide bonds. The molecule has 0 aliphatic heterocycles. The Labute approximate surface area is 124 Å².